The minimum Gasteiger partial charge on any atom is -0.392 e. The number of carbonyl (C=O) groups is 2. The minimum absolute atomic E-state index is 0.0102. The summed E-state index contributed by atoms with van der Waals surface area (Å²) in [5.41, 5.74) is 4.17. The molecule has 1 heterocycles. The maximum absolute atomic E-state index is 11.9. The number of nitrogens with one attached hydrogen (secondary N) is 3. The number of benzene rings is 3. The summed E-state index contributed by atoms with van der Waals surface area (Å²) in [4.78, 5) is 24.3. The van der Waals surface area contributed by atoms with E-state index in [1.54, 1.807) is 11.8 Å². The topological polar surface area (TPSA) is 109 Å². The van der Waals surface area contributed by atoms with Crippen LogP contribution < -0.4 is 16.0 Å². The van der Waals surface area contributed by atoms with E-state index in [1.807, 2.05) is 79.7 Å². The number of carbonyl (C=O) groups excluding carboxylic acids is 2. The van der Waals surface area contributed by atoms with Crippen LogP contribution in [0, 0.1) is 5.92 Å². The van der Waals surface area contributed by atoms with Crippen LogP contribution in [0.3, 0.4) is 0 Å². The average Bonchev–Trinajstić information content (AvgIpc) is 2.93. The van der Waals surface area contributed by atoms with Crippen LogP contribution in [0.25, 0.3) is 0 Å². The van der Waals surface area contributed by atoms with E-state index in [0.717, 1.165) is 27.3 Å². The zero-order valence-corrected chi connectivity index (χ0v) is 23.2. The molecule has 0 aliphatic carbocycles. The van der Waals surface area contributed by atoms with Crippen molar-refractivity contribution < 1.29 is 24.2 Å². The SMILES string of the molecule is CCNC(=O)Nc1ccc([C@@H]2O[C@H](CSc3ccc(NC(C)=O)cc3)[C@H](C)[C@H](c3ccc(CO)cc3)O2)cc1. The fraction of sp³-hybridized carbons (Fsp3) is 0.333. The summed E-state index contributed by atoms with van der Waals surface area (Å²) in [7, 11) is 0. The highest BCUT2D eigenvalue weighted by molar-refractivity contribution is 7.99. The predicted octanol–water partition coefficient (Wildman–Crippen LogP) is 5.86. The molecule has 0 radical (unpaired) electrons. The van der Waals surface area contributed by atoms with Gasteiger partial charge >= 0.3 is 6.03 Å². The van der Waals surface area contributed by atoms with Crippen LogP contribution in [0.1, 0.15) is 49.9 Å². The lowest BCUT2D eigenvalue weighted by Gasteiger charge is -2.41. The van der Waals surface area contributed by atoms with Gasteiger partial charge in [0.05, 0.1) is 18.8 Å². The van der Waals surface area contributed by atoms with Crippen LogP contribution in [0.15, 0.2) is 77.7 Å². The minimum atomic E-state index is -0.588. The Bertz CT molecular complexity index is 1230. The Hall–Kier alpha value is -3.37. The number of hydrogen-bond donors (Lipinski definition) is 4. The molecule has 0 bridgehead atoms. The van der Waals surface area contributed by atoms with Crippen LogP contribution in [-0.2, 0) is 20.9 Å². The van der Waals surface area contributed by atoms with Gasteiger partial charge in [-0.3, -0.25) is 4.79 Å². The quantitative estimate of drug-likeness (QED) is 0.249. The monoisotopic (exact) mass is 549 g/mol. The lowest BCUT2D eigenvalue weighted by molar-refractivity contribution is -0.268. The first-order valence-corrected chi connectivity index (χ1v) is 14.0. The Kier molecular flexibility index (Phi) is 10.00. The summed E-state index contributed by atoms with van der Waals surface area (Å²) in [6.45, 7) is 6.02. The second kappa shape index (κ2) is 13.6. The number of aliphatic hydroxyl groups is 1. The van der Waals surface area contributed by atoms with E-state index in [1.165, 1.54) is 6.92 Å². The number of amides is 3. The second-order valence-electron chi connectivity index (χ2n) is 9.44. The first kappa shape index (κ1) is 28.6. The van der Waals surface area contributed by atoms with Gasteiger partial charge in [0.1, 0.15) is 0 Å². The van der Waals surface area contributed by atoms with Crippen molar-refractivity contribution in [1.29, 1.82) is 0 Å². The number of hydrogen-bond acceptors (Lipinski definition) is 6. The Morgan fingerprint density at radius 2 is 1.49 bits per heavy atom. The number of ether oxygens (including phenoxy) is 2. The van der Waals surface area contributed by atoms with Gasteiger partial charge in [0.15, 0.2) is 6.29 Å². The van der Waals surface area contributed by atoms with E-state index in [-0.39, 0.29) is 36.7 Å². The third-order valence-corrected chi connectivity index (χ3v) is 7.59. The molecule has 3 amide bonds. The molecule has 8 nitrogen and oxygen atoms in total. The molecule has 206 valence electrons. The zero-order valence-electron chi connectivity index (χ0n) is 22.3. The smallest absolute Gasteiger partial charge is 0.319 e. The molecule has 4 rings (SSSR count). The molecule has 0 aromatic heterocycles. The first-order valence-electron chi connectivity index (χ1n) is 13.0. The summed E-state index contributed by atoms with van der Waals surface area (Å²) >= 11 is 1.69. The number of anilines is 2. The van der Waals surface area contributed by atoms with Gasteiger partial charge in [0.2, 0.25) is 5.91 Å². The van der Waals surface area contributed by atoms with E-state index >= 15 is 0 Å². The molecular formula is C30H35N3O5S. The number of urea groups is 1. The zero-order chi connectivity index (χ0) is 27.8. The van der Waals surface area contributed by atoms with Crippen molar-refractivity contribution in [3.05, 3.63) is 89.5 Å². The van der Waals surface area contributed by atoms with Gasteiger partial charge in [-0.2, -0.15) is 0 Å². The van der Waals surface area contributed by atoms with Crippen LogP contribution in [-0.4, -0.2) is 35.4 Å². The summed E-state index contributed by atoms with van der Waals surface area (Å²) in [6.07, 6.45) is -0.910. The van der Waals surface area contributed by atoms with Crippen molar-refractivity contribution in [3.8, 4) is 0 Å². The highest BCUT2D eigenvalue weighted by Gasteiger charge is 2.38. The van der Waals surface area contributed by atoms with E-state index in [9.17, 15) is 14.7 Å². The molecule has 3 aromatic rings. The third kappa shape index (κ3) is 7.83. The second-order valence-corrected chi connectivity index (χ2v) is 10.5. The largest absolute Gasteiger partial charge is 0.392 e. The van der Waals surface area contributed by atoms with Crippen LogP contribution in [0.2, 0.25) is 0 Å². The van der Waals surface area contributed by atoms with Crippen molar-refractivity contribution in [3.63, 3.8) is 0 Å². The van der Waals surface area contributed by atoms with E-state index < -0.39 is 6.29 Å². The van der Waals surface area contributed by atoms with Gasteiger partial charge < -0.3 is 30.5 Å². The lowest BCUT2D eigenvalue weighted by atomic mass is 9.91. The van der Waals surface area contributed by atoms with Gasteiger partial charge in [-0.05, 0) is 54.4 Å². The number of aliphatic hydroxyl groups excluding tert-OH is 1. The van der Waals surface area contributed by atoms with Crippen LogP contribution >= 0.6 is 11.8 Å². The Labute approximate surface area is 233 Å². The molecule has 1 aliphatic heterocycles. The van der Waals surface area contributed by atoms with Crippen LogP contribution in [0.5, 0.6) is 0 Å². The van der Waals surface area contributed by atoms with Gasteiger partial charge in [0.25, 0.3) is 0 Å². The molecule has 4 N–H and O–H groups in total. The van der Waals surface area contributed by atoms with Crippen LogP contribution in [0.4, 0.5) is 16.2 Å². The molecule has 0 spiro atoms. The van der Waals surface area contributed by atoms with E-state index in [2.05, 4.69) is 22.9 Å². The molecule has 3 aromatic carbocycles. The maximum Gasteiger partial charge on any atom is 0.319 e. The maximum atomic E-state index is 11.9. The molecule has 39 heavy (non-hydrogen) atoms. The number of thioether (sulfide) groups is 1. The highest BCUT2D eigenvalue weighted by Crippen LogP contribution is 2.43. The van der Waals surface area contributed by atoms with Crippen molar-refractivity contribution in [2.24, 2.45) is 5.92 Å². The van der Waals surface area contributed by atoms with Gasteiger partial charge in [-0.1, -0.05) is 43.3 Å². The average molecular weight is 550 g/mol. The summed E-state index contributed by atoms with van der Waals surface area (Å²) in [6, 6.07) is 22.8. The summed E-state index contributed by atoms with van der Waals surface area (Å²) < 4.78 is 13.0. The molecule has 1 aliphatic rings. The molecule has 9 heteroatoms. The molecule has 0 unspecified atom stereocenters. The van der Waals surface area contributed by atoms with E-state index in [4.69, 9.17) is 9.47 Å². The third-order valence-electron chi connectivity index (χ3n) is 6.49. The van der Waals surface area contributed by atoms with Crippen molar-refractivity contribution >= 4 is 35.1 Å². The van der Waals surface area contributed by atoms with Crippen molar-refractivity contribution in [2.45, 2.75) is 50.8 Å². The molecule has 0 saturated carbocycles. The molecule has 4 atom stereocenters. The Morgan fingerprint density at radius 1 is 0.872 bits per heavy atom. The normalized spacial score (nSPS) is 20.7. The number of rotatable bonds is 9. The lowest BCUT2D eigenvalue weighted by Crippen LogP contribution is -2.38. The standard InChI is InChI=1S/C30H35N3O5S/c1-4-31-30(36)33-25-11-9-23(10-12-25)29-37-27(18-39-26-15-13-24(14-16-26)32-20(3)35)19(2)28(38-29)22-7-5-21(17-34)6-8-22/h5-16,19,27-29,34H,4,17-18H2,1-3H3,(H,32,35)(H2,31,33,36)/t19-,27+,28+,29+/m0/s1. The molecule has 1 saturated heterocycles. The highest BCUT2D eigenvalue weighted by atomic mass is 32.2. The van der Waals surface area contributed by atoms with E-state index in [0.29, 0.717) is 18.0 Å². The summed E-state index contributed by atoms with van der Waals surface area (Å²) in [5.74, 6) is 0.672. The fourth-order valence-corrected chi connectivity index (χ4v) is 5.45. The van der Waals surface area contributed by atoms with Crippen molar-refractivity contribution in [1.82, 2.24) is 5.32 Å². The predicted molar refractivity (Wildman–Crippen MR) is 154 cm³/mol. The fourth-order valence-electron chi connectivity index (χ4n) is 4.39. The molecule has 1 fully saturated rings. The molecular weight excluding hydrogens is 514 g/mol. The van der Waals surface area contributed by atoms with Gasteiger partial charge in [0, 0.05) is 47.0 Å². The van der Waals surface area contributed by atoms with Gasteiger partial charge in [-0.25, -0.2) is 4.79 Å². The van der Waals surface area contributed by atoms with Gasteiger partial charge in [-0.15, -0.1) is 11.8 Å². The Balaban J connectivity index is 1.51. The Morgan fingerprint density at radius 3 is 2.10 bits per heavy atom. The summed E-state index contributed by atoms with van der Waals surface area (Å²) in [5, 5.41) is 17.8. The van der Waals surface area contributed by atoms with Crippen molar-refractivity contribution in [2.75, 3.05) is 22.9 Å². The first-order chi connectivity index (χ1) is 18.9.